The van der Waals surface area contributed by atoms with Gasteiger partial charge in [0.1, 0.15) is 5.82 Å². The van der Waals surface area contributed by atoms with E-state index in [1.807, 2.05) is 0 Å². The highest BCUT2D eigenvalue weighted by molar-refractivity contribution is 5.36. The summed E-state index contributed by atoms with van der Waals surface area (Å²) < 4.78 is 0. The van der Waals surface area contributed by atoms with Crippen LogP contribution in [-0.2, 0) is 6.54 Å². The number of hydrogen-bond donors (Lipinski definition) is 2. The minimum absolute atomic E-state index is 0.501. The molecule has 0 aromatic carbocycles. The zero-order valence-corrected chi connectivity index (χ0v) is 5.09. The van der Waals surface area contributed by atoms with E-state index >= 15 is 0 Å². The van der Waals surface area contributed by atoms with Crippen LogP contribution in [0.5, 0.6) is 0 Å². The highest BCUT2D eigenvalue weighted by Crippen LogP contribution is 1.95. The van der Waals surface area contributed by atoms with E-state index in [4.69, 9.17) is 5.73 Å². The van der Waals surface area contributed by atoms with Crippen molar-refractivity contribution in [2.75, 3.05) is 0 Å². The molecule has 0 unspecified atom stereocenters. The summed E-state index contributed by atoms with van der Waals surface area (Å²) >= 11 is 0. The normalized spacial score (nSPS) is 9.44. The molecular formula is C6H9N3. The molecule has 0 fully saturated rings. The summed E-state index contributed by atoms with van der Waals surface area (Å²) in [7, 11) is 0. The van der Waals surface area contributed by atoms with Crippen molar-refractivity contribution >= 4 is 6.08 Å². The van der Waals surface area contributed by atoms with E-state index in [1.54, 1.807) is 12.3 Å². The van der Waals surface area contributed by atoms with Gasteiger partial charge in [-0.3, -0.25) is 0 Å². The molecule has 48 valence electrons. The molecule has 3 heteroatoms. The number of nitrogens with zero attached hydrogens (tertiary/aromatic N) is 1. The lowest BCUT2D eigenvalue weighted by atomic mass is 10.5. The maximum Gasteiger partial charge on any atom is 0.129 e. The Labute approximate surface area is 53.6 Å². The third-order valence-corrected chi connectivity index (χ3v) is 1.06. The van der Waals surface area contributed by atoms with Crippen molar-refractivity contribution in [2.24, 2.45) is 5.73 Å². The average Bonchev–Trinajstić information content (AvgIpc) is 2.34. The summed E-state index contributed by atoms with van der Waals surface area (Å²) in [6.45, 7) is 4.04. The number of hydrogen-bond acceptors (Lipinski definition) is 2. The van der Waals surface area contributed by atoms with Crippen LogP contribution < -0.4 is 5.73 Å². The molecule has 1 rings (SSSR count). The van der Waals surface area contributed by atoms with Crippen molar-refractivity contribution in [1.29, 1.82) is 0 Å². The molecule has 0 saturated heterocycles. The molecule has 0 spiro atoms. The minimum Gasteiger partial charge on any atom is -0.341 e. The summed E-state index contributed by atoms with van der Waals surface area (Å²) in [5, 5.41) is 0. The monoisotopic (exact) mass is 123 g/mol. The Morgan fingerprint density at radius 2 is 2.67 bits per heavy atom. The predicted octanol–water partition coefficient (Wildman–Crippen LogP) is 0.511. The first kappa shape index (κ1) is 6.04. The molecule has 0 bridgehead atoms. The molecule has 9 heavy (non-hydrogen) atoms. The molecule has 1 aromatic heterocycles. The number of H-pyrrole nitrogens is 1. The number of aromatic amines is 1. The van der Waals surface area contributed by atoms with Gasteiger partial charge in [0.15, 0.2) is 0 Å². The van der Waals surface area contributed by atoms with Crippen LogP contribution in [0.2, 0.25) is 0 Å². The van der Waals surface area contributed by atoms with Crippen molar-refractivity contribution < 1.29 is 0 Å². The lowest BCUT2D eigenvalue weighted by Gasteiger charge is -1.83. The Kier molecular flexibility index (Phi) is 1.65. The van der Waals surface area contributed by atoms with Crippen LogP contribution in [0.3, 0.4) is 0 Å². The Hall–Kier alpha value is -1.09. The summed E-state index contributed by atoms with van der Waals surface area (Å²) in [5.74, 6) is 0.774. The second-order valence-corrected chi connectivity index (χ2v) is 1.70. The van der Waals surface area contributed by atoms with Gasteiger partial charge >= 0.3 is 0 Å². The van der Waals surface area contributed by atoms with Gasteiger partial charge in [0.25, 0.3) is 0 Å². The third-order valence-electron chi connectivity index (χ3n) is 1.06. The van der Waals surface area contributed by atoms with Crippen LogP contribution >= 0.6 is 0 Å². The van der Waals surface area contributed by atoms with Crippen LogP contribution in [0.4, 0.5) is 0 Å². The van der Waals surface area contributed by atoms with Crippen molar-refractivity contribution in [1.82, 2.24) is 9.97 Å². The number of aromatic nitrogens is 2. The number of nitrogens with two attached hydrogens (primary N) is 1. The molecular weight excluding hydrogens is 114 g/mol. The number of rotatable bonds is 2. The first-order valence-electron chi connectivity index (χ1n) is 2.73. The molecule has 0 aliphatic heterocycles. The van der Waals surface area contributed by atoms with Gasteiger partial charge in [-0.05, 0) is 6.08 Å². The van der Waals surface area contributed by atoms with Crippen molar-refractivity contribution in [2.45, 2.75) is 6.54 Å². The second kappa shape index (κ2) is 2.46. The summed E-state index contributed by atoms with van der Waals surface area (Å²) in [6.07, 6.45) is 3.36. The summed E-state index contributed by atoms with van der Waals surface area (Å²) in [6, 6.07) is 0. The van der Waals surface area contributed by atoms with E-state index in [9.17, 15) is 0 Å². The van der Waals surface area contributed by atoms with Crippen molar-refractivity contribution in [3.8, 4) is 0 Å². The van der Waals surface area contributed by atoms with E-state index in [1.165, 1.54) is 0 Å². The fourth-order valence-corrected chi connectivity index (χ4v) is 0.584. The van der Waals surface area contributed by atoms with Gasteiger partial charge in [-0.25, -0.2) is 4.98 Å². The van der Waals surface area contributed by atoms with Crippen molar-refractivity contribution in [3.05, 3.63) is 24.3 Å². The molecule has 3 nitrogen and oxygen atoms in total. The van der Waals surface area contributed by atoms with E-state index in [-0.39, 0.29) is 0 Å². The van der Waals surface area contributed by atoms with Crippen LogP contribution in [0.15, 0.2) is 12.8 Å². The molecule has 0 aliphatic rings. The topological polar surface area (TPSA) is 54.7 Å². The van der Waals surface area contributed by atoms with E-state index in [2.05, 4.69) is 16.5 Å². The Bertz CT molecular complexity index is 202. The highest BCUT2D eigenvalue weighted by atomic mass is 14.9. The van der Waals surface area contributed by atoms with Crippen molar-refractivity contribution in [3.63, 3.8) is 0 Å². The van der Waals surface area contributed by atoms with Crippen LogP contribution in [0.1, 0.15) is 11.5 Å². The lowest BCUT2D eigenvalue weighted by Crippen LogP contribution is -1.95. The van der Waals surface area contributed by atoms with E-state index < -0.39 is 0 Å². The van der Waals surface area contributed by atoms with Crippen LogP contribution in [-0.4, -0.2) is 9.97 Å². The first-order chi connectivity index (χ1) is 4.36. The Balaban J connectivity index is 2.86. The fourth-order valence-electron chi connectivity index (χ4n) is 0.584. The van der Waals surface area contributed by atoms with Crippen LogP contribution in [0, 0.1) is 0 Å². The fraction of sp³-hybridized carbons (Fsp3) is 0.167. The molecule has 0 amide bonds. The SMILES string of the molecule is C=Cc1ncc(CN)[nH]1. The van der Waals surface area contributed by atoms with Gasteiger partial charge in [0.05, 0.1) is 0 Å². The zero-order valence-electron chi connectivity index (χ0n) is 5.09. The van der Waals surface area contributed by atoms with Gasteiger partial charge in [0, 0.05) is 18.4 Å². The molecule has 0 saturated carbocycles. The summed E-state index contributed by atoms with van der Waals surface area (Å²) in [4.78, 5) is 6.91. The standard InChI is InChI=1S/C6H9N3/c1-2-6-8-4-5(3-7)9-6/h2,4H,1,3,7H2,(H,8,9). The zero-order chi connectivity index (χ0) is 6.69. The molecule has 0 aliphatic carbocycles. The smallest absolute Gasteiger partial charge is 0.129 e. The quantitative estimate of drug-likeness (QED) is 0.602. The van der Waals surface area contributed by atoms with Gasteiger partial charge in [-0.15, -0.1) is 0 Å². The van der Waals surface area contributed by atoms with Gasteiger partial charge < -0.3 is 10.7 Å². The minimum atomic E-state index is 0.501. The average molecular weight is 123 g/mol. The van der Waals surface area contributed by atoms with Gasteiger partial charge in [-0.1, -0.05) is 6.58 Å². The van der Waals surface area contributed by atoms with Crippen LogP contribution in [0.25, 0.3) is 6.08 Å². The Morgan fingerprint density at radius 1 is 1.89 bits per heavy atom. The second-order valence-electron chi connectivity index (χ2n) is 1.70. The molecule has 0 radical (unpaired) electrons. The molecule has 3 N–H and O–H groups in total. The van der Waals surface area contributed by atoms with E-state index in [0.717, 1.165) is 11.5 Å². The number of imidazole rings is 1. The maximum atomic E-state index is 5.31. The first-order valence-corrected chi connectivity index (χ1v) is 2.73. The molecule has 1 aromatic rings. The lowest BCUT2D eigenvalue weighted by molar-refractivity contribution is 1.01. The molecule has 0 atom stereocenters. The largest absolute Gasteiger partial charge is 0.341 e. The predicted molar refractivity (Wildman–Crippen MR) is 36.6 cm³/mol. The van der Waals surface area contributed by atoms with E-state index in [0.29, 0.717) is 6.54 Å². The summed E-state index contributed by atoms with van der Waals surface area (Å²) in [5.41, 5.74) is 6.25. The third kappa shape index (κ3) is 1.17. The van der Waals surface area contributed by atoms with Gasteiger partial charge in [0.2, 0.25) is 0 Å². The maximum absolute atomic E-state index is 5.31. The van der Waals surface area contributed by atoms with Gasteiger partial charge in [-0.2, -0.15) is 0 Å². The Morgan fingerprint density at radius 3 is 3.00 bits per heavy atom. The number of nitrogens with one attached hydrogen (secondary N) is 1. The molecule has 1 heterocycles. The highest BCUT2D eigenvalue weighted by Gasteiger charge is 1.91.